The molecule has 0 saturated heterocycles. The summed E-state index contributed by atoms with van der Waals surface area (Å²) in [6.07, 6.45) is 1.72. The van der Waals surface area contributed by atoms with Crippen molar-refractivity contribution in [2.24, 2.45) is 0 Å². The van der Waals surface area contributed by atoms with Gasteiger partial charge in [0.1, 0.15) is 17.9 Å². The molecule has 1 heterocycles. The number of carbonyl (C=O) groups excluding carboxylic acids is 1. The van der Waals surface area contributed by atoms with Gasteiger partial charge < -0.3 is 10.1 Å². The Kier molecular flexibility index (Phi) is 4.92. The van der Waals surface area contributed by atoms with Crippen molar-refractivity contribution in [2.45, 2.75) is 33.2 Å². The predicted octanol–water partition coefficient (Wildman–Crippen LogP) is 2.07. The molecule has 6 heteroatoms. The van der Waals surface area contributed by atoms with E-state index < -0.39 is 0 Å². The standard InChI is InChI=1S/C15H20N4O2/c1-10-4-5-13(11(2)8-10)21-7-6-14(20)18-12(3)15-16-9-17-19-15/h4-5,8-9,12H,6-7H2,1-3H3,(H,18,20)(H,16,17,19). The molecule has 112 valence electrons. The number of benzene rings is 1. The van der Waals surface area contributed by atoms with Gasteiger partial charge in [-0.2, -0.15) is 5.10 Å². The number of aromatic amines is 1. The average Bonchev–Trinajstić information content (AvgIpc) is 2.95. The summed E-state index contributed by atoms with van der Waals surface area (Å²) >= 11 is 0. The summed E-state index contributed by atoms with van der Waals surface area (Å²) < 4.78 is 5.64. The number of nitrogens with one attached hydrogen (secondary N) is 2. The molecular formula is C15H20N4O2. The zero-order chi connectivity index (χ0) is 15.2. The van der Waals surface area contributed by atoms with Crippen LogP contribution in [-0.2, 0) is 4.79 Å². The van der Waals surface area contributed by atoms with Crippen molar-refractivity contribution in [3.63, 3.8) is 0 Å². The number of ether oxygens (including phenoxy) is 1. The zero-order valence-electron chi connectivity index (χ0n) is 12.5. The van der Waals surface area contributed by atoms with Crippen LogP contribution in [0, 0.1) is 13.8 Å². The SMILES string of the molecule is Cc1ccc(OCCC(=O)NC(C)c2ncn[nH]2)c(C)c1. The lowest BCUT2D eigenvalue weighted by Gasteiger charge is -2.12. The van der Waals surface area contributed by atoms with Gasteiger partial charge in [-0.15, -0.1) is 0 Å². The van der Waals surface area contributed by atoms with E-state index in [2.05, 4.69) is 26.6 Å². The van der Waals surface area contributed by atoms with Crippen LogP contribution in [0.1, 0.15) is 36.3 Å². The fraction of sp³-hybridized carbons (Fsp3) is 0.400. The Balaban J connectivity index is 1.76. The molecule has 1 atom stereocenters. The molecule has 0 aliphatic rings. The quantitative estimate of drug-likeness (QED) is 0.852. The second kappa shape index (κ2) is 6.88. The number of hydrogen-bond donors (Lipinski definition) is 2. The van der Waals surface area contributed by atoms with E-state index in [1.807, 2.05) is 32.9 Å². The van der Waals surface area contributed by atoms with Crippen molar-refractivity contribution >= 4 is 5.91 Å². The first-order chi connectivity index (χ1) is 10.1. The third-order valence-electron chi connectivity index (χ3n) is 3.14. The van der Waals surface area contributed by atoms with Crippen molar-refractivity contribution in [3.05, 3.63) is 41.5 Å². The Bertz CT molecular complexity index is 596. The van der Waals surface area contributed by atoms with Gasteiger partial charge in [0.05, 0.1) is 19.1 Å². The molecule has 2 N–H and O–H groups in total. The highest BCUT2D eigenvalue weighted by Gasteiger charge is 2.11. The number of hydrogen-bond acceptors (Lipinski definition) is 4. The van der Waals surface area contributed by atoms with Gasteiger partial charge in [-0.05, 0) is 32.4 Å². The van der Waals surface area contributed by atoms with Crippen molar-refractivity contribution in [1.82, 2.24) is 20.5 Å². The topological polar surface area (TPSA) is 79.9 Å². The lowest BCUT2D eigenvalue weighted by atomic mass is 10.1. The molecule has 0 bridgehead atoms. The molecule has 0 aliphatic carbocycles. The Morgan fingerprint density at radius 3 is 2.90 bits per heavy atom. The Morgan fingerprint density at radius 1 is 1.43 bits per heavy atom. The number of aromatic nitrogens is 3. The monoisotopic (exact) mass is 288 g/mol. The van der Waals surface area contributed by atoms with Crippen LogP contribution in [0.5, 0.6) is 5.75 Å². The largest absolute Gasteiger partial charge is 0.493 e. The number of amides is 1. The van der Waals surface area contributed by atoms with Gasteiger partial charge in [0.15, 0.2) is 0 Å². The summed E-state index contributed by atoms with van der Waals surface area (Å²) in [4.78, 5) is 15.8. The van der Waals surface area contributed by atoms with E-state index in [0.717, 1.165) is 11.3 Å². The minimum absolute atomic E-state index is 0.0799. The van der Waals surface area contributed by atoms with Crippen LogP contribution in [-0.4, -0.2) is 27.7 Å². The minimum Gasteiger partial charge on any atom is -0.493 e. The number of H-pyrrole nitrogens is 1. The van der Waals surface area contributed by atoms with Gasteiger partial charge >= 0.3 is 0 Å². The Hall–Kier alpha value is -2.37. The van der Waals surface area contributed by atoms with Crippen LogP contribution >= 0.6 is 0 Å². The average molecular weight is 288 g/mol. The third kappa shape index (κ3) is 4.30. The molecule has 2 aromatic rings. The molecule has 1 aromatic heterocycles. The minimum atomic E-state index is -0.193. The predicted molar refractivity (Wildman–Crippen MR) is 79.0 cm³/mol. The molecule has 2 rings (SSSR count). The number of aryl methyl sites for hydroxylation is 2. The van der Waals surface area contributed by atoms with Crippen LogP contribution in [0.3, 0.4) is 0 Å². The van der Waals surface area contributed by atoms with E-state index in [4.69, 9.17) is 4.74 Å². The van der Waals surface area contributed by atoms with Crippen molar-refractivity contribution < 1.29 is 9.53 Å². The summed E-state index contributed by atoms with van der Waals surface area (Å²) in [6.45, 7) is 6.23. The molecule has 1 aromatic carbocycles. The molecule has 0 fully saturated rings. The molecule has 0 saturated carbocycles. The van der Waals surface area contributed by atoms with Crippen LogP contribution in [0.25, 0.3) is 0 Å². The molecule has 0 radical (unpaired) electrons. The summed E-state index contributed by atoms with van der Waals surface area (Å²) in [5, 5.41) is 9.33. The Morgan fingerprint density at radius 2 is 2.24 bits per heavy atom. The van der Waals surface area contributed by atoms with Crippen molar-refractivity contribution in [1.29, 1.82) is 0 Å². The molecule has 6 nitrogen and oxygen atoms in total. The van der Waals surface area contributed by atoms with Gasteiger partial charge in [-0.1, -0.05) is 17.7 Å². The van der Waals surface area contributed by atoms with Crippen LogP contribution in [0.15, 0.2) is 24.5 Å². The van der Waals surface area contributed by atoms with Gasteiger partial charge in [0, 0.05) is 0 Å². The number of carbonyl (C=O) groups is 1. The van der Waals surface area contributed by atoms with E-state index >= 15 is 0 Å². The fourth-order valence-corrected chi connectivity index (χ4v) is 2.02. The maximum atomic E-state index is 11.8. The highest BCUT2D eigenvalue weighted by atomic mass is 16.5. The molecule has 1 amide bonds. The summed E-state index contributed by atoms with van der Waals surface area (Å²) in [5.41, 5.74) is 2.27. The summed E-state index contributed by atoms with van der Waals surface area (Å²) in [6, 6.07) is 5.79. The first kappa shape index (κ1) is 15.0. The summed E-state index contributed by atoms with van der Waals surface area (Å²) in [7, 11) is 0. The lowest BCUT2D eigenvalue weighted by Crippen LogP contribution is -2.28. The van der Waals surface area contributed by atoms with Crippen LogP contribution in [0.4, 0.5) is 0 Å². The first-order valence-electron chi connectivity index (χ1n) is 6.91. The highest BCUT2D eigenvalue weighted by molar-refractivity contribution is 5.76. The van der Waals surface area contributed by atoms with Gasteiger partial charge in [0.2, 0.25) is 5.91 Å². The second-order valence-corrected chi connectivity index (χ2v) is 5.03. The van der Waals surface area contributed by atoms with Gasteiger partial charge in [0.25, 0.3) is 0 Å². The molecular weight excluding hydrogens is 268 g/mol. The molecule has 21 heavy (non-hydrogen) atoms. The maximum Gasteiger partial charge on any atom is 0.224 e. The van der Waals surface area contributed by atoms with E-state index in [0.29, 0.717) is 18.9 Å². The van der Waals surface area contributed by atoms with E-state index in [-0.39, 0.29) is 11.9 Å². The van der Waals surface area contributed by atoms with E-state index in [1.54, 1.807) is 0 Å². The number of rotatable bonds is 6. The smallest absolute Gasteiger partial charge is 0.224 e. The molecule has 0 spiro atoms. The van der Waals surface area contributed by atoms with E-state index in [9.17, 15) is 4.79 Å². The fourth-order valence-electron chi connectivity index (χ4n) is 2.02. The summed E-state index contributed by atoms with van der Waals surface area (Å²) in [5.74, 6) is 1.37. The molecule has 0 aliphatic heterocycles. The number of nitrogens with zero attached hydrogens (tertiary/aromatic N) is 2. The third-order valence-corrected chi connectivity index (χ3v) is 3.14. The van der Waals surface area contributed by atoms with Crippen molar-refractivity contribution in [2.75, 3.05) is 6.61 Å². The van der Waals surface area contributed by atoms with Crippen LogP contribution < -0.4 is 10.1 Å². The van der Waals surface area contributed by atoms with Crippen molar-refractivity contribution in [3.8, 4) is 5.75 Å². The van der Waals surface area contributed by atoms with Gasteiger partial charge in [-0.25, -0.2) is 4.98 Å². The normalized spacial score (nSPS) is 12.0. The molecule has 1 unspecified atom stereocenters. The highest BCUT2D eigenvalue weighted by Crippen LogP contribution is 2.18. The van der Waals surface area contributed by atoms with Gasteiger partial charge in [-0.3, -0.25) is 9.89 Å². The Labute approximate surface area is 123 Å². The van der Waals surface area contributed by atoms with Crippen LogP contribution in [0.2, 0.25) is 0 Å². The second-order valence-electron chi connectivity index (χ2n) is 5.03. The zero-order valence-corrected chi connectivity index (χ0v) is 12.5. The first-order valence-corrected chi connectivity index (χ1v) is 6.91. The maximum absolute atomic E-state index is 11.8. The lowest BCUT2D eigenvalue weighted by molar-refractivity contribution is -0.122. The van der Waals surface area contributed by atoms with E-state index in [1.165, 1.54) is 11.9 Å².